The fourth-order valence-corrected chi connectivity index (χ4v) is 3.23. The van der Waals surface area contributed by atoms with Crippen molar-refractivity contribution in [2.24, 2.45) is 5.92 Å². The van der Waals surface area contributed by atoms with Gasteiger partial charge in [-0.05, 0) is 32.6 Å². The summed E-state index contributed by atoms with van der Waals surface area (Å²) in [4.78, 5) is 2.71. The molecule has 0 bridgehead atoms. The summed E-state index contributed by atoms with van der Waals surface area (Å²) < 4.78 is 5.89. The molecule has 17 heavy (non-hydrogen) atoms. The highest BCUT2D eigenvalue weighted by Gasteiger charge is 2.37. The van der Waals surface area contributed by atoms with Crippen molar-refractivity contribution in [3.8, 4) is 0 Å². The minimum atomic E-state index is 0.293. The standard InChI is InChI=1S/C14H28N2O/c1-11(2)13-9-12(5-8-17-13)16-7-6-15-10-14(16,3)4/h11-13,15H,5-10H2,1-4H3. The lowest BCUT2D eigenvalue weighted by molar-refractivity contribution is -0.0724. The van der Waals surface area contributed by atoms with Crippen molar-refractivity contribution in [1.82, 2.24) is 10.2 Å². The highest BCUT2D eigenvalue weighted by Crippen LogP contribution is 2.29. The first-order valence-corrected chi connectivity index (χ1v) is 7.10. The van der Waals surface area contributed by atoms with Crippen LogP contribution in [0.15, 0.2) is 0 Å². The van der Waals surface area contributed by atoms with Crippen LogP contribution in [0, 0.1) is 5.92 Å². The molecule has 0 aromatic heterocycles. The first-order valence-electron chi connectivity index (χ1n) is 7.10. The molecule has 2 atom stereocenters. The molecule has 2 heterocycles. The van der Waals surface area contributed by atoms with Crippen LogP contribution in [0.4, 0.5) is 0 Å². The molecule has 2 fully saturated rings. The number of piperazine rings is 1. The Morgan fingerprint density at radius 2 is 2.12 bits per heavy atom. The van der Waals surface area contributed by atoms with Crippen LogP contribution in [-0.4, -0.2) is 48.8 Å². The smallest absolute Gasteiger partial charge is 0.0612 e. The van der Waals surface area contributed by atoms with E-state index in [2.05, 4.69) is 37.9 Å². The zero-order valence-electron chi connectivity index (χ0n) is 11.8. The summed E-state index contributed by atoms with van der Waals surface area (Å²) in [5, 5.41) is 3.51. The normalized spacial score (nSPS) is 35.1. The second kappa shape index (κ2) is 5.25. The number of nitrogens with zero attached hydrogens (tertiary/aromatic N) is 1. The van der Waals surface area contributed by atoms with Gasteiger partial charge in [-0.2, -0.15) is 0 Å². The molecule has 2 aliphatic heterocycles. The number of hydrogen-bond donors (Lipinski definition) is 1. The maximum absolute atomic E-state index is 5.89. The molecule has 0 aromatic rings. The highest BCUT2D eigenvalue weighted by molar-refractivity contribution is 4.94. The van der Waals surface area contributed by atoms with Gasteiger partial charge in [0.15, 0.2) is 0 Å². The molecule has 3 nitrogen and oxygen atoms in total. The maximum Gasteiger partial charge on any atom is 0.0612 e. The van der Waals surface area contributed by atoms with Crippen molar-refractivity contribution in [2.45, 2.75) is 58.2 Å². The minimum Gasteiger partial charge on any atom is -0.378 e. The van der Waals surface area contributed by atoms with Gasteiger partial charge in [0.2, 0.25) is 0 Å². The van der Waals surface area contributed by atoms with E-state index in [-0.39, 0.29) is 0 Å². The van der Waals surface area contributed by atoms with Gasteiger partial charge in [0.1, 0.15) is 0 Å². The maximum atomic E-state index is 5.89. The van der Waals surface area contributed by atoms with Crippen LogP contribution in [0.3, 0.4) is 0 Å². The molecule has 1 N–H and O–H groups in total. The Labute approximate surface area is 106 Å². The third-order valence-electron chi connectivity index (χ3n) is 4.34. The van der Waals surface area contributed by atoms with Crippen LogP contribution in [0.1, 0.15) is 40.5 Å². The lowest BCUT2D eigenvalue weighted by Crippen LogP contribution is -2.62. The van der Waals surface area contributed by atoms with Crippen molar-refractivity contribution in [2.75, 3.05) is 26.2 Å². The van der Waals surface area contributed by atoms with Crippen molar-refractivity contribution < 1.29 is 4.74 Å². The van der Waals surface area contributed by atoms with Gasteiger partial charge in [-0.25, -0.2) is 0 Å². The van der Waals surface area contributed by atoms with Crippen LogP contribution < -0.4 is 5.32 Å². The second-order valence-electron chi connectivity index (χ2n) is 6.51. The topological polar surface area (TPSA) is 24.5 Å². The van der Waals surface area contributed by atoms with E-state index in [0.29, 0.717) is 23.6 Å². The molecular weight excluding hydrogens is 212 g/mol. The van der Waals surface area contributed by atoms with Crippen molar-refractivity contribution in [1.29, 1.82) is 0 Å². The molecule has 0 radical (unpaired) electrons. The molecule has 3 heteroatoms. The van der Waals surface area contributed by atoms with Crippen LogP contribution in [0.5, 0.6) is 0 Å². The number of nitrogens with one attached hydrogen (secondary N) is 1. The number of ether oxygens (including phenoxy) is 1. The van der Waals surface area contributed by atoms with Crippen LogP contribution >= 0.6 is 0 Å². The fraction of sp³-hybridized carbons (Fsp3) is 1.00. The van der Waals surface area contributed by atoms with Gasteiger partial charge in [0.25, 0.3) is 0 Å². The van der Waals surface area contributed by atoms with Gasteiger partial charge in [0, 0.05) is 37.8 Å². The highest BCUT2D eigenvalue weighted by atomic mass is 16.5. The average molecular weight is 240 g/mol. The van der Waals surface area contributed by atoms with Crippen LogP contribution in [0.2, 0.25) is 0 Å². The number of hydrogen-bond acceptors (Lipinski definition) is 3. The molecule has 0 spiro atoms. The van der Waals surface area contributed by atoms with E-state index in [1.807, 2.05) is 0 Å². The summed E-state index contributed by atoms with van der Waals surface area (Å²) in [6, 6.07) is 0.716. The van der Waals surface area contributed by atoms with E-state index >= 15 is 0 Å². The van der Waals surface area contributed by atoms with E-state index in [4.69, 9.17) is 4.74 Å². The summed E-state index contributed by atoms with van der Waals surface area (Å²) in [5.41, 5.74) is 0.293. The predicted octanol–water partition coefficient (Wildman–Crippen LogP) is 1.87. The monoisotopic (exact) mass is 240 g/mol. The molecule has 2 rings (SSSR count). The van der Waals surface area contributed by atoms with Crippen LogP contribution in [0.25, 0.3) is 0 Å². The Hall–Kier alpha value is -0.120. The Morgan fingerprint density at radius 3 is 2.76 bits per heavy atom. The average Bonchev–Trinajstić information content (AvgIpc) is 2.28. The SMILES string of the molecule is CC(C)C1CC(N2CCNCC2(C)C)CCO1. The summed E-state index contributed by atoms with van der Waals surface area (Å²) >= 11 is 0. The van der Waals surface area contributed by atoms with Gasteiger partial charge in [-0.15, -0.1) is 0 Å². The van der Waals surface area contributed by atoms with Crippen LogP contribution in [-0.2, 0) is 4.74 Å². The zero-order valence-corrected chi connectivity index (χ0v) is 11.8. The van der Waals surface area contributed by atoms with Crippen molar-refractivity contribution in [3.63, 3.8) is 0 Å². The Morgan fingerprint density at radius 1 is 1.35 bits per heavy atom. The molecule has 2 saturated heterocycles. The Kier molecular flexibility index (Phi) is 4.11. The quantitative estimate of drug-likeness (QED) is 0.797. The van der Waals surface area contributed by atoms with Gasteiger partial charge in [0.05, 0.1) is 6.10 Å². The molecule has 0 amide bonds. The van der Waals surface area contributed by atoms with Gasteiger partial charge < -0.3 is 10.1 Å². The first-order chi connectivity index (χ1) is 8.00. The molecule has 0 aromatic carbocycles. The van der Waals surface area contributed by atoms with Gasteiger partial charge >= 0.3 is 0 Å². The van der Waals surface area contributed by atoms with E-state index in [0.717, 1.165) is 19.7 Å². The molecule has 0 saturated carbocycles. The molecule has 0 aliphatic carbocycles. The summed E-state index contributed by atoms with van der Waals surface area (Å²) in [6.07, 6.45) is 2.87. The summed E-state index contributed by atoms with van der Waals surface area (Å²) in [5.74, 6) is 0.642. The third-order valence-corrected chi connectivity index (χ3v) is 4.34. The molecule has 2 unspecified atom stereocenters. The van der Waals surface area contributed by atoms with Crippen molar-refractivity contribution in [3.05, 3.63) is 0 Å². The van der Waals surface area contributed by atoms with Gasteiger partial charge in [-0.3, -0.25) is 4.90 Å². The second-order valence-corrected chi connectivity index (χ2v) is 6.51. The summed E-state index contributed by atoms with van der Waals surface area (Å²) in [6.45, 7) is 13.6. The van der Waals surface area contributed by atoms with E-state index in [9.17, 15) is 0 Å². The van der Waals surface area contributed by atoms with E-state index < -0.39 is 0 Å². The van der Waals surface area contributed by atoms with E-state index in [1.54, 1.807) is 0 Å². The lowest BCUT2D eigenvalue weighted by Gasteiger charge is -2.49. The Balaban J connectivity index is 2.00. The number of rotatable bonds is 2. The molecular formula is C14H28N2O. The Bertz CT molecular complexity index is 253. The lowest BCUT2D eigenvalue weighted by atomic mass is 9.89. The first kappa shape index (κ1) is 13.3. The fourth-order valence-electron chi connectivity index (χ4n) is 3.23. The van der Waals surface area contributed by atoms with E-state index in [1.165, 1.54) is 19.4 Å². The van der Waals surface area contributed by atoms with Crippen molar-refractivity contribution >= 4 is 0 Å². The summed E-state index contributed by atoms with van der Waals surface area (Å²) in [7, 11) is 0. The molecule has 100 valence electrons. The third kappa shape index (κ3) is 3.01. The van der Waals surface area contributed by atoms with Gasteiger partial charge in [-0.1, -0.05) is 13.8 Å². The zero-order chi connectivity index (χ0) is 12.5. The molecule has 2 aliphatic rings. The minimum absolute atomic E-state index is 0.293. The largest absolute Gasteiger partial charge is 0.378 e. The predicted molar refractivity (Wildman–Crippen MR) is 71.3 cm³/mol.